The van der Waals surface area contributed by atoms with E-state index in [0.29, 0.717) is 26.2 Å². The average molecular weight is 334 g/mol. The Hall–Kier alpha value is -1.26. The number of ether oxygens (including phenoxy) is 5. The summed E-state index contributed by atoms with van der Waals surface area (Å²) in [6.07, 6.45) is -1.48. The summed E-state index contributed by atoms with van der Waals surface area (Å²) in [6.45, 7) is 4.12. The highest BCUT2D eigenvalue weighted by Crippen LogP contribution is 2.23. The fraction of sp³-hybridized carbons (Fsp3) is 0.857. The molecule has 4 unspecified atom stereocenters. The molecule has 23 heavy (non-hydrogen) atoms. The fourth-order valence-electron chi connectivity index (χ4n) is 2.14. The van der Waals surface area contributed by atoms with E-state index in [2.05, 4.69) is 0 Å². The van der Waals surface area contributed by atoms with E-state index in [1.807, 2.05) is 0 Å². The third-order valence-electron chi connectivity index (χ3n) is 3.13. The molecule has 1 fully saturated rings. The Balaban J connectivity index is 2.53. The molecule has 1 saturated heterocycles. The molecule has 1 aliphatic rings. The van der Waals surface area contributed by atoms with Gasteiger partial charge in [-0.25, -0.2) is 0 Å². The molecule has 0 spiro atoms. The predicted molar refractivity (Wildman–Crippen MR) is 79.3 cm³/mol. The lowest BCUT2D eigenvalue weighted by atomic mass is 10.0. The van der Waals surface area contributed by atoms with E-state index in [9.17, 15) is 9.59 Å². The molecule has 0 saturated carbocycles. The smallest absolute Gasteiger partial charge is 0.302 e. The van der Waals surface area contributed by atoms with Gasteiger partial charge >= 0.3 is 11.9 Å². The van der Waals surface area contributed by atoms with Crippen molar-refractivity contribution >= 4 is 11.9 Å². The first kappa shape index (κ1) is 19.8. The number of nitrogens with two attached hydrogens (primary N) is 2. The molecule has 0 aromatic heterocycles. The van der Waals surface area contributed by atoms with Crippen molar-refractivity contribution in [1.29, 1.82) is 0 Å². The van der Waals surface area contributed by atoms with Gasteiger partial charge in [0.1, 0.15) is 12.7 Å². The van der Waals surface area contributed by atoms with E-state index < -0.39 is 36.5 Å². The molecule has 0 aromatic rings. The Morgan fingerprint density at radius 2 is 1.91 bits per heavy atom. The summed E-state index contributed by atoms with van der Waals surface area (Å²) in [5.74, 6) is -0.858. The van der Waals surface area contributed by atoms with Crippen LogP contribution < -0.4 is 11.5 Å². The highest BCUT2D eigenvalue weighted by atomic mass is 16.7. The van der Waals surface area contributed by atoms with E-state index in [4.69, 9.17) is 35.2 Å². The van der Waals surface area contributed by atoms with E-state index in [-0.39, 0.29) is 13.2 Å². The fourth-order valence-corrected chi connectivity index (χ4v) is 2.14. The van der Waals surface area contributed by atoms with E-state index in [1.54, 1.807) is 0 Å². The Labute approximate surface area is 135 Å². The predicted octanol–water partition coefficient (Wildman–Crippen LogP) is -1.08. The lowest BCUT2D eigenvalue weighted by molar-refractivity contribution is -0.240. The molecule has 0 radical (unpaired) electrons. The van der Waals surface area contributed by atoms with Crippen molar-refractivity contribution < 1.29 is 33.3 Å². The summed E-state index contributed by atoms with van der Waals surface area (Å²) >= 11 is 0. The van der Waals surface area contributed by atoms with Gasteiger partial charge in [-0.3, -0.25) is 9.59 Å². The van der Waals surface area contributed by atoms with Crippen molar-refractivity contribution in [3.05, 3.63) is 0 Å². The molecule has 9 heteroatoms. The van der Waals surface area contributed by atoms with Crippen LogP contribution in [0.2, 0.25) is 0 Å². The van der Waals surface area contributed by atoms with Crippen LogP contribution in [0.25, 0.3) is 0 Å². The highest BCUT2D eigenvalue weighted by molar-refractivity contribution is 5.66. The number of hydrogen-bond acceptors (Lipinski definition) is 9. The molecule has 1 aliphatic heterocycles. The molecule has 0 amide bonds. The largest absolute Gasteiger partial charge is 0.463 e. The maximum atomic E-state index is 11.2. The second kappa shape index (κ2) is 10.5. The number of rotatable bonds is 9. The number of carbonyl (C=O) groups excluding carboxylic acids is 2. The average Bonchev–Trinajstić information content (AvgIpc) is 2.48. The van der Waals surface area contributed by atoms with Gasteiger partial charge in [-0.15, -0.1) is 0 Å². The van der Waals surface area contributed by atoms with Gasteiger partial charge < -0.3 is 35.2 Å². The zero-order valence-corrected chi connectivity index (χ0v) is 13.6. The monoisotopic (exact) mass is 334 g/mol. The normalized spacial score (nSPS) is 27.5. The van der Waals surface area contributed by atoms with Crippen molar-refractivity contribution in [2.75, 3.05) is 33.0 Å². The molecule has 4 atom stereocenters. The number of esters is 2. The third-order valence-corrected chi connectivity index (χ3v) is 3.13. The van der Waals surface area contributed by atoms with Crippen molar-refractivity contribution in [2.24, 2.45) is 11.5 Å². The molecule has 134 valence electrons. The van der Waals surface area contributed by atoms with Gasteiger partial charge in [0.05, 0.1) is 32.0 Å². The van der Waals surface area contributed by atoms with Crippen LogP contribution >= 0.6 is 0 Å². The van der Waals surface area contributed by atoms with Gasteiger partial charge in [-0.2, -0.15) is 0 Å². The SMILES string of the molecule is CC(=O)OCC1CC(OC(C)=O)C(N)C(OCCOCCN)O1. The van der Waals surface area contributed by atoms with Crippen molar-refractivity contribution in [2.45, 2.75) is 44.8 Å². The maximum Gasteiger partial charge on any atom is 0.302 e. The first-order valence-corrected chi connectivity index (χ1v) is 7.55. The zero-order valence-electron chi connectivity index (χ0n) is 13.6. The summed E-state index contributed by atoms with van der Waals surface area (Å²) in [5, 5.41) is 0. The van der Waals surface area contributed by atoms with Crippen LogP contribution in [0.3, 0.4) is 0 Å². The first-order valence-electron chi connectivity index (χ1n) is 7.55. The molecule has 0 aliphatic carbocycles. The van der Waals surface area contributed by atoms with Crippen LogP contribution in [0.1, 0.15) is 20.3 Å². The lowest BCUT2D eigenvalue weighted by Gasteiger charge is -2.38. The summed E-state index contributed by atoms with van der Waals surface area (Å²) in [5.41, 5.74) is 11.4. The Bertz CT molecular complexity index is 380. The molecular formula is C14H26N2O7. The Morgan fingerprint density at radius 1 is 1.17 bits per heavy atom. The van der Waals surface area contributed by atoms with Gasteiger partial charge in [0.15, 0.2) is 6.29 Å². The minimum absolute atomic E-state index is 0.0450. The minimum Gasteiger partial charge on any atom is -0.463 e. The van der Waals surface area contributed by atoms with Crippen LogP contribution in [-0.2, 0) is 33.3 Å². The molecule has 0 aromatic carbocycles. The molecule has 1 heterocycles. The van der Waals surface area contributed by atoms with Crippen LogP contribution in [0.5, 0.6) is 0 Å². The second-order valence-electron chi connectivity index (χ2n) is 5.16. The number of hydrogen-bond donors (Lipinski definition) is 2. The van der Waals surface area contributed by atoms with Crippen molar-refractivity contribution in [3.63, 3.8) is 0 Å². The number of carbonyl (C=O) groups is 2. The van der Waals surface area contributed by atoms with Crippen molar-refractivity contribution in [3.8, 4) is 0 Å². The summed E-state index contributed by atoms with van der Waals surface area (Å²) in [4.78, 5) is 22.1. The maximum absolute atomic E-state index is 11.2. The van der Waals surface area contributed by atoms with Crippen LogP contribution in [0.4, 0.5) is 0 Å². The van der Waals surface area contributed by atoms with E-state index in [1.165, 1.54) is 13.8 Å². The van der Waals surface area contributed by atoms with Gasteiger partial charge in [0.25, 0.3) is 0 Å². The van der Waals surface area contributed by atoms with Gasteiger partial charge in [-0.1, -0.05) is 0 Å². The quantitative estimate of drug-likeness (QED) is 0.399. The molecule has 9 nitrogen and oxygen atoms in total. The van der Waals surface area contributed by atoms with Crippen LogP contribution in [-0.4, -0.2) is 69.5 Å². The van der Waals surface area contributed by atoms with Crippen LogP contribution in [0.15, 0.2) is 0 Å². The van der Waals surface area contributed by atoms with E-state index in [0.717, 1.165) is 0 Å². The first-order chi connectivity index (χ1) is 10.9. The third kappa shape index (κ3) is 7.71. The lowest BCUT2D eigenvalue weighted by Crippen LogP contribution is -2.56. The van der Waals surface area contributed by atoms with Gasteiger partial charge in [0.2, 0.25) is 0 Å². The van der Waals surface area contributed by atoms with Crippen molar-refractivity contribution in [1.82, 2.24) is 0 Å². The standard InChI is InChI=1S/C14H26N2O7/c1-9(17)21-8-11-7-12(22-10(2)18)13(16)14(23-11)20-6-5-19-4-3-15/h11-14H,3-8,15-16H2,1-2H3. The molecule has 4 N–H and O–H groups in total. The topological polar surface area (TPSA) is 132 Å². The zero-order chi connectivity index (χ0) is 17.2. The summed E-state index contributed by atoms with van der Waals surface area (Å²) in [7, 11) is 0. The van der Waals surface area contributed by atoms with E-state index >= 15 is 0 Å². The van der Waals surface area contributed by atoms with Crippen LogP contribution in [0, 0.1) is 0 Å². The highest BCUT2D eigenvalue weighted by Gasteiger charge is 2.39. The Morgan fingerprint density at radius 3 is 2.52 bits per heavy atom. The molecule has 0 bridgehead atoms. The van der Waals surface area contributed by atoms with Gasteiger partial charge in [0, 0.05) is 26.8 Å². The Kier molecular flexibility index (Phi) is 9.03. The minimum atomic E-state index is -0.782. The molecular weight excluding hydrogens is 308 g/mol. The summed E-state index contributed by atoms with van der Waals surface area (Å²) in [6, 6.07) is -0.637. The molecule has 1 rings (SSSR count). The van der Waals surface area contributed by atoms with Gasteiger partial charge in [-0.05, 0) is 0 Å². The second-order valence-corrected chi connectivity index (χ2v) is 5.16. The summed E-state index contributed by atoms with van der Waals surface area (Å²) < 4.78 is 26.6.